The van der Waals surface area contributed by atoms with E-state index in [9.17, 15) is 13.6 Å². The molecule has 1 aromatic rings. The molecule has 0 radical (unpaired) electrons. The zero-order chi connectivity index (χ0) is 14.8. The number of ketones is 1. The molecule has 0 amide bonds. The number of carbonyl (C=O) groups is 1. The lowest BCUT2D eigenvalue weighted by molar-refractivity contribution is -0.123. The summed E-state index contributed by atoms with van der Waals surface area (Å²) < 4.78 is 26.8. The molecule has 6 heteroatoms. The van der Waals surface area contributed by atoms with Gasteiger partial charge in [0, 0.05) is 30.8 Å². The molecular weight excluding hydrogens is 276 g/mol. The molecule has 21 heavy (non-hydrogen) atoms. The molecule has 1 saturated carbocycles. The van der Waals surface area contributed by atoms with Gasteiger partial charge in [0.1, 0.15) is 11.6 Å². The number of rotatable bonds is 4. The van der Waals surface area contributed by atoms with Crippen LogP contribution in [0.1, 0.15) is 50.9 Å². The van der Waals surface area contributed by atoms with Crippen molar-refractivity contribution in [3.05, 3.63) is 18.2 Å². The van der Waals surface area contributed by atoms with E-state index < -0.39 is 6.55 Å². The highest BCUT2D eigenvalue weighted by Gasteiger charge is 2.37. The lowest BCUT2D eigenvalue weighted by atomic mass is 9.88. The average molecular weight is 297 g/mol. The topological polar surface area (TPSA) is 38.1 Å². The van der Waals surface area contributed by atoms with Crippen molar-refractivity contribution in [3.8, 4) is 0 Å². The third-order valence-electron chi connectivity index (χ3n) is 4.78. The number of likely N-dealkylation sites (tertiary alicyclic amines) is 1. The Labute approximate surface area is 123 Å². The van der Waals surface area contributed by atoms with Gasteiger partial charge in [0.05, 0.1) is 6.54 Å². The summed E-state index contributed by atoms with van der Waals surface area (Å²) in [7, 11) is 0. The normalized spacial score (nSPS) is 27.7. The largest absolute Gasteiger partial charge is 0.319 e. The van der Waals surface area contributed by atoms with Crippen LogP contribution < -0.4 is 0 Å². The molecule has 2 unspecified atom stereocenters. The summed E-state index contributed by atoms with van der Waals surface area (Å²) in [6.07, 6.45) is 8.51. The Morgan fingerprint density at radius 2 is 2.14 bits per heavy atom. The minimum Gasteiger partial charge on any atom is -0.299 e. The monoisotopic (exact) mass is 297 g/mol. The van der Waals surface area contributed by atoms with E-state index >= 15 is 0 Å². The van der Waals surface area contributed by atoms with Crippen molar-refractivity contribution >= 4 is 5.78 Å². The molecule has 2 heterocycles. The number of piperidine rings is 1. The molecule has 1 saturated heterocycles. The number of nitrogens with zero attached hydrogens (tertiary/aromatic N) is 3. The van der Waals surface area contributed by atoms with Crippen LogP contribution in [0.5, 0.6) is 0 Å². The second kappa shape index (κ2) is 6.22. The Hall–Kier alpha value is -1.30. The third kappa shape index (κ3) is 3.00. The molecule has 116 valence electrons. The van der Waals surface area contributed by atoms with Crippen LogP contribution in [-0.4, -0.2) is 32.8 Å². The summed E-state index contributed by atoms with van der Waals surface area (Å²) >= 11 is 0. The smallest absolute Gasteiger partial charge is 0.299 e. The van der Waals surface area contributed by atoms with E-state index in [4.69, 9.17) is 0 Å². The molecule has 1 aliphatic carbocycles. The molecule has 1 aromatic heterocycles. The minimum atomic E-state index is -2.56. The van der Waals surface area contributed by atoms with Crippen LogP contribution in [0.15, 0.2) is 12.4 Å². The number of aromatic nitrogens is 2. The maximum absolute atomic E-state index is 12.9. The first-order valence-electron chi connectivity index (χ1n) is 7.73. The van der Waals surface area contributed by atoms with E-state index in [1.807, 2.05) is 0 Å². The van der Waals surface area contributed by atoms with Gasteiger partial charge in [0.25, 0.3) is 0 Å². The first-order valence-corrected chi connectivity index (χ1v) is 7.73. The Kier molecular flexibility index (Phi) is 4.33. The van der Waals surface area contributed by atoms with Gasteiger partial charge in [-0.25, -0.2) is 4.98 Å². The van der Waals surface area contributed by atoms with Crippen molar-refractivity contribution in [3.63, 3.8) is 0 Å². The van der Waals surface area contributed by atoms with Crippen LogP contribution in [0.4, 0.5) is 8.78 Å². The number of hydrogen-bond acceptors (Lipinski definition) is 3. The van der Waals surface area contributed by atoms with Crippen LogP contribution >= 0.6 is 0 Å². The van der Waals surface area contributed by atoms with Crippen LogP contribution in [0.3, 0.4) is 0 Å². The lowest BCUT2D eigenvalue weighted by Crippen LogP contribution is -2.45. The molecule has 0 spiro atoms. The van der Waals surface area contributed by atoms with E-state index in [0.29, 0.717) is 24.6 Å². The van der Waals surface area contributed by atoms with Gasteiger partial charge < -0.3 is 0 Å². The lowest BCUT2D eigenvalue weighted by Gasteiger charge is -2.38. The quantitative estimate of drug-likeness (QED) is 0.857. The summed E-state index contributed by atoms with van der Waals surface area (Å²) in [5.74, 6) is 0.840. The summed E-state index contributed by atoms with van der Waals surface area (Å²) in [4.78, 5) is 18.3. The first kappa shape index (κ1) is 14.6. The SMILES string of the molecule is O=C1CCCC1C1CCCCN1Cc1nccn1C(F)F. The maximum atomic E-state index is 12.9. The van der Waals surface area contributed by atoms with Gasteiger partial charge in [0.15, 0.2) is 0 Å². The summed E-state index contributed by atoms with van der Waals surface area (Å²) in [6, 6.07) is 0.205. The number of Topliss-reactive ketones (excluding diaryl/α,β-unsaturated/α-hetero) is 1. The zero-order valence-corrected chi connectivity index (χ0v) is 12.0. The van der Waals surface area contributed by atoms with Gasteiger partial charge in [-0.3, -0.25) is 14.3 Å². The Balaban J connectivity index is 1.75. The Morgan fingerprint density at radius 1 is 1.29 bits per heavy atom. The van der Waals surface area contributed by atoms with Crippen LogP contribution in [0, 0.1) is 5.92 Å². The standard InChI is InChI=1S/C15H21F2N3O/c16-15(17)20-9-7-18-14(20)10-19-8-2-1-5-12(19)11-4-3-6-13(11)21/h7,9,11-12,15H,1-6,8,10H2. The van der Waals surface area contributed by atoms with Gasteiger partial charge in [-0.05, 0) is 32.2 Å². The van der Waals surface area contributed by atoms with E-state index in [1.54, 1.807) is 0 Å². The van der Waals surface area contributed by atoms with Crippen molar-refractivity contribution in [2.45, 2.75) is 57.7 Å². The highest BCUT2D eigenvalue weighted by Crippen LogP contribution is 2.33. The van der Waals surface area contributed by atoms with Crippen molar-refractivity contribution in [2.24, 2.45) is 5.92 Å². The number of hydrogen-bond donors (Lipinski definition) is 0. The van der Waals surface area contributed by atoms with Crippen molar-refractivity contribution in [1.82, 2.24) is 14.5 Å². The highest BCUT2D eigenvalue weighted by molar-refractivity contribution is 5.83. The van der Waals surface area contributed by atoms with Crippen molar-refractivity contribution < 1.29 is 13.6 Å². The molecule has 3 rings (SSSR count). The average Bonchev–Trinajstić information content (AvgIpc) is 3.08. The highest BCUT2D eigenvalue weighted by atomic mass is 19.3. The Morgan fingerprint density at radius 3 is 2.86 bits per heavy atom. The van der Waals surface area contributed by atoms with Crippen molar-refractivity contribution in [1.29, 1.82) is 0 Å². The summed E-state index contributed by atoms with van der Waals surface area (Å²) in [6.45, 7) is -1.28. The molecule has 4 nitrogen and oxygen atoms in total. The van der Waals surface area contributed by atoms with Gasteiger partial charge >= 0.3 is 6.55 Å². The first-order chi connectivity index (χ1) is 10.2. The predicted octanol–water partition coefficient (Wildman–Crippen LogP) is 3.00. The molecule has 1 aliphatic heterocycles. The minimum absolute atomic E-state index is 0.0975. The molecule has 2 aliphatic rings. The van der Waals surface area contributed by atoms with Crippen molar-refractivity contribution in [2.75, 3.05) is 6.54 Å². The van der Waals surface area contributed by atoms with Crippen LogP contribution in [0.2, 0.25) is 0 Å². The van der Waals surface area contributed by atoms with E-state index in [0.717, 1.165) is 43.2 Å². The molecule has 0 aromatic carbocycles. The molecule has 0 N–H and O–H groups in total. The molecule has 2 atom stereocenters. The van der Waals surface area contributed by atoms with Crippen LogP contribution in [0.25, 0.3) is 0 Å². The van der Waals surface area contributed by atoms with Gasteiger partial charge in [-0.2, -0.15) is 8.78 Å². The van der Waals surface area contributed by atoms with Gasteiger partial charge in [-0.1, -0.05) is 6.42 Å². The van der Waals surface area contributed by atoms with E-state index in [2.05, 4.69) is 9.88 Å². The summed E-state index contributed by atoms with van der Waals surface area (Å²) in [5, 5.41) is 0. The maximum Gasteiger partial charge on any atom is 0.319 e. The molecular formula is C15H21F2N3O. The number of imidazole rings is 1. The second-order valence-corrected chi connectivity index (χ2v) is 6.03. The summed E-state index contributed by atoms with van der Waals surface area (Å²) in [5.41, 5.74) is 0. The molecule has 2 fully saturated rings. The fourth-order valence-electron chi connectivity index (χ4n) is 3.74. The number of halogens is 2. The molecule has 0 bridgehead atoms. The number of alkyl halides is 2. The van der Waals surface area contributed by atoms with Gasteiger partial charge in [-0.15, -0.1) is 0 Å². The fraction of sp³-hybridized carbons (Fsp3) is 0.733. The Bertz CT molecular complexity index is 503. The van der Waals surface area contributed by atoms with Crippen LogP contribution in [-0.2, 0) is 11.3 Å². The third-order valence-corrected chi connectivity index (χ3v) is 4.78. The van der Waals surface area contributed by atoms with E-state index in [-0.39, 0.29) is 12.0 Å². The fourth-order valence-corrected chi connectivity index (χ4v) is 3.74. The zero-order valence-electron chi connectivity index (χ0n) is 12.0. The second-order valence-electron chi connectivity index (χ2n) is 6.03. The van der Waals surface area contributed by atoms with E-state index in [1.165, 1.54) is 12.4 Å². The number of carbonyl (C=O) groups excluding carboxylic acids is 1. The van der Waals surface area contributed by atoms with Gasteiger partial charge in [0.2, 0.25) is 0 Å². The predicted molar refractivity (Wildman–Crippen MR) is 73.9 cm³/mol.